The van der Waals surface area contributed by atoms with Crippen molar-refractivity contribution in [1.29, 1.82) is 0 Å². The van der Waals surface area contributed by atoms with Crippen molar-refractivity contribution in [1.82, 2.24) is 9.84 Å². The average Bonchev–Trinajstić information content (AvgIpc) is 3.21. The molecule has 0 aliphatic carbocycles. The number of nitrogens with one attached hydrogen (secondary N) is 2. The normalized spacial score (nSPS) is 24.5. The van der Waals surface area contributed by atoms with Crippen LogP contribution in [0.4, 0.5) is 5.69 Å². The number of carbonyl (C=O) groups excluding carboxylic acids is 1. The third-order valence-electron chi connectivity index (χ3n) is 5.18. The standard InChI is InChI=1S/C18H27N3O8S3/c1-3-29-17-5-4-14(19-13(2)22)10-18(17)32(27,28)21(16-7-9-31(25,26)12-16)20-15-6-8-30(23,24)11-15/h4-5,10,15-16,20H,3,6-9,11-12H2,1-2H3,(H,19,22). The van der Waals surface area contributed by atoms with Crippen LogP contribution in [0, 0.1) is 0 Å². The molecule has 0 spiro atoms. The molecule has 1 amide bonds. The van der Waals surface area contributed by atoms with Gasteiger partial charge in [-0.25, -0.2) is 30.7 Å². The second-order valence-electron chi connectivity index (χ2n) is 7.86. The van der Waals surface area contributed by atoms with Crippen LogP contribution in [0.1, 0.15) is 26.7 Å². The van der Waals surface area contributed by atoms with E-state index in [-0.39, 0.29) is 58.8 Å². The van der Waals surface area contributed by atoms with Gasteiger partial charge in [-0.3, -0.25) is 4.79 Å². The van der Waals surface area contributed by atoms with Crippen molar-refractivity contribution in [2.75, 3.05) is 34.9 Å². The minimum Gasteiger partial charge on any atom is -0.492 e. The van der Waals surface area contributed by atoms with E-state index >= 15 is 0 Å². The van der Waals surface area contributed by atoms with E-state index < -0.39 is 47.7 Å². The van der Waals surface area contributed by atoms with E-state index in [4.69, 9.17) is 4.74 Å². The molecule has 2 aliphatic rings. The van der Waals surface area contributed by atoms with E-state index in [1.54, 1.807) is 6.92 Å². The molecule has 2 heterocycles. The van der Waals surface area contributed by atoms with Gasteiger partial charge >= 0.3 is 0 Å². The Morgan fingerprint density at radius 3 is 2.31 bits per heavy atom. The van der Waals surface area contributed by atoms with E-state index in [0.29, 0.717) is 0 Å². The lowest BCUT2D eigenvalue weighted by Crippen LogP contribution is -2.54. The van der Waals surface area contributed by atoms with Crippen molar-refractivity contribution in [3.63, 3.8) is 0 Å². The van der Waals surface area contributed by atoms with Gasteiger partial charge in [-0.1, -0.05) is 0 Å². The van der Waals surface area contributed by atoms with Gasteiger partial charge in [0.2, 0.25) is 5.91 Å². The molecule has 0 saturated carbocycles. The summed E-state index contributed by atoms with van der Waals surface area (Å²) in [6.45, 7) is 3.14. The maximum absolute atomic E-state index is 13.7. The number of nitrogens with zero attached hydrogens (tertiary/aromatic N) is 1. The van der Waals surface area contributed by atoms with Gasteiger partial charge in [-0.15, -0.1) is 4.41 Å². The largest absolute Gasteiger partial charge is 0.492 e. The SMILES string of the molecule is CCOc1ccc(NC(C)=O)cc1S(=O)(=O)N(NC1CCS(=O)(=O)C1)C1CCS(=O)(=O)C1. The number of hydrazine groups is 1. The summed E-state index contributed by atoms with van der Waals surface area (Å²) in [5.74, 6) is -1.24. The minimum absolute atomic E-state index is 0.0355. The van der Waals surface area contributed by atoms with Crippen LogP contribution < -0.4 is 15.5 Å². The van der Waals surface area contributed by atoms with Crippen LogP contribution in [0.5, 0.6) is 5.75 Å². The van der Waals surface area contributed by atoms with Gasteiger partial charge in [0.1, 0.15) is 10.6 Å². The van der Waals surface area contributed by atoms with Crippen molar-refractivity contribution in [3.8, 4) is 5.75 Å². The van der Waals surface area contributed by atoms with E-state index in [9.17, 15) is 30.0 Å². The first-order valence-corrected chi connectivity index (χ1v) is 15.2. The van der Waals surface area contributed by atoms with Crippen LogP contribution in [-0.4, -0.2) is 77.3 Å². The van der Waals surface area contributed by atoms with Gasteiger partial charge in [0.05, 0.1) is 35.7 Å². The third kappa shape index (κ3) is 5.78. The maximum Gasteiger partial charge on any atom is 0.259 e. The zero-order chi connectivity index (χ0) is 23.7. The summed E-state index contributed by atoms with van der Waals surface area (Å²) in [6.07, 6.45) is 0.279. The van der Waals surface area contributed by atoms with E-state index in [1.165, 1.54) is 25.1 Å². The van der Waals surface area contributed by atoms with Gasteiger partial charge in [0.25, 0.3) is 10.0 Å². The predicted octanol–water partition coefficient (Wildman–Crippen LogP) is -0.0868. The Kier molecular flexibility index (Phi) is 7.20. The number of rotatable bonds is 8. The zero-order valence-corrected chi connectivity index (χ0v) is 20.2. The van der Waals surface area contributed by atoms with Crippen molar-refractivity contribution >= 4 is 41.3 Å². The number of benzene rings is 1. The van der Waals surface area contributed by atoms with E-state index in [0.717, 1.165) is 4.41 Å². The average molecular weight is 510 g/mol. The number of ether oxygens (including phenoxy) is 1. The van der Waals surface area contributed by atoms with Crippen LogP contribution in [0.25, 0.3) is 0 Å². The highest BCUT2D eigenvalue weighted by molar-refractivity contribution is 7.92. The summed E-state index contributed by atoms with van der Waals surface area (Å²) in [5, 5.41) is 2.52. The molecule has 0 bridgehead atoms. The van der Waals surface area contributed by atoms with Gasteiger partial charge < -0.3 is 10.1 Å². The Morgan fingerprint density at radius 2 is 1.78 bits per heavy atom. The smallest absolute Gasteiger partial charge is 0.259 e. The molecule has 2 aliphatic heterocycles. The first kappa shape index (κ1) is 24.9. The Hall–Kier alpha value is -1.74. The summed E-state index contributed by atoms with van der Waals surface area (Å²) in [5.41, 5.74) is 3.00. The highest BCUT2D eigenvalue weighted by Gasteiger charge is 2.42. The Morgan fingerprint density at radius 1 is 1.12 bits per heavy atom. The third-order valence-corrected chi connectivity index (χ3v) is 10.5. The molecule has 11 nitrogen and oxygen atoms in total. The fourth-order valence-electron chi connectivity index (χ4n) is 3.78. The number of sulfone groups is 2. The number of sulfonamides is 1. The second-order valence-corrected chi connectivity index (χ2v) is 14.1. The number of carbonyl (C=O) groups is 1. The Bertz CT molecular complexity index is 1200. The number of hydrogen-bond donors (Lipinski definition) is 2. The summed E-state index contributed by atoms with van der Waals surface area (Å²) in [6, 6.07) is 2.56. The Balaban J connectivity index is 2.05. The van der Waals surface area contributed by atoms with E-state index in [1.807, 2.05) is 0 Å². The van der Waals surface area contributed by atoms with Crippen LogP contribution in [-0.2, 0) is 34.5 Å². The summed E-state index contributed by atoms with van der Waals surface area (Å²) in [4.78, 5) is 11.2. The maximum atomic E-state index is 13.7. The lowest BCUT2D eigenvalue weighted by Gasteiger charge is -2.31. The molecule has 32 heavy (non-hydrogen) atoms. The van der Waals surface area contributed by atoms with Crippen LogP contribution in [0.2, 0.25) is 0 Å². The zero-order valence-electron chi connectivity index (χ0n) is 17.8. The molecule has 2 fully saturated rings. The molecule has 1 aromatic rings. The van der Waals surface area contributed by atoms with Gasteiger partial charge in [-0.2, -0.15) is 0 Å². The highest BCUT2D eigenvalue weighted by Crippen LogP contribution is 2.32. The van der Waals surface area contributed by atoms with Crippen LogP contribution in [0.15, 0.2) is 23.1 Å². The fourth-order valence-corrected chi connectivity index (χ4v) is 8.97. The molecule has 2 unspecified atom stereocenters. The minimum atomic E-state index is -4.38. The van der Waals surface area contributed by atoms with Crippen molar-refractivity contribution in [2.45, 2.75) is 43.7 Å². The van der Waals surface area contributed by atoms with Crippen LogP contribution >= 0.6 is 0 Å². The number of amides is 1. The second kappa shape index (κ2) is 9.25. The van der Waals surface area contributed by atoms with Crippen molar-refractivity contribution in [2.24, 2.45) is 0 Å². The predicted molar refractivity (Wildman–Crippen MR) is 118 cm³/mol. The lowest BCUT2D eigenvalue weighted by molar-refractivity contribution is -0.114. The molecule has 0 aromatic heterocycles. The summed E-state index contributed by atoms with van der Waals surface area (Å²) in [7, 11) is -11.1. The molecule has 14 heteroatoms. The molecule has 2 N–H and O–H groups in total. The molecular weight excluding hydrogens is 482 g/mol. The van der Waals surface area contributed by atoms with Crippen molar-refractivity contribution in [3.05, 3.63) is 18.2 Å². The molecule has 2 atom stereocenters. The van der Waals surface area contributed by atoms with Crippen LogP contribution in [0.3, 0.4) is 0 Å². The molecule has 3 rings (SSSR count). The summed E-state index contributed by atoms with van der Waals surface area (Å²) < 4.78 is 81.8. The first-order chi connectivity index (χ1) is 14.8. The van der Waals surface area contributed by atoms with Crippen molar-refractivity contribution < 1.29 is 34.8 Å². The number of hydrogen-bond acceptors (Lipinski definition) is 9. The molecule has 0 radical (unpaired) electrons. The topological polar surface area (TPSA) is 156 Å². The van der Waals surface area contributed by atoms with E-state index in [2.05, 4.69) is 10.7 Å². The van der Waals surface area contributed by atoms with Gasteiger partial charge in [-0.05, 0) is 38.0 Å². The van der Waals surface area contributed by atoms with Gasteiger partial charge in [0, 0.05) is 18.7 Å². The fraction of sp³-hybridized carbons (Fsp3) is 0.611. The Labute approximate surface area is 188 Å². The monoisotopic (exact) mass is 509 g/mol. The highest BCUT2D eigenvalue weighted by atomic mass is 32.2. The molecular formula is C18H27N3O8S3. The van der Waals surface area contributed by atoms with Gasteiger partial charge in [0.15, 0.2) is 19.7 Å². The first-order valence-electron chi connectivity index (χ1n) is 10.1. The summed E-state index contributed by atoms with van der Waals surface area (Å²) >= 11 is 0. The molecule has 1 aromatic carbocycles. The lowest BCUT2D eigenvalue weighted by atomic mass is 10.2. The quantitative estimate of drug-likeness (QED) is 0.457. The molecule has 180 valence electrons. The molecule has 2 saturated heterocycles. The number of anilines is 1.